The number of aliphatic hydroxyl groups is 1. The molecule has 2 aliphatic rings. The smallest absolute Gasteiger partial charge is 0.296 e. The van der Waals surface area contributed by atoms with E-state index in [1.807, 2.05) is 13.0 Å². The van der Waals surface area contributed by atoms with E-state index in [0.717, 1.165) is 31.3 Å². The molecular weight excluding hydrogens is 504 g/mol. The summed E-state index contributed by atoms with van der Waals surface area (Å²) in [6.45, 7) is 7.20. The number of rotatable bonds is 9. The second-order valence-corrected chi connectivity index (χ2v) is 10.5. The SMILES string of the molecule is C/C(=C\O)C(C)N[C@H]1CC[C@H](CNc2nc(N3CCOCC3)cc(-n3c(C(F)F)nc4ccccc43)n2)CC1. The van der Waals surface area contributed by atoms with Crippen molar-refractivity contribution in [1.29, 1.82) is 0 Å². The molecule has 1 unspecified atom stereocenters. The second-order valence-electron chi connectivity index (χ2n) is 10.5. The highest BCUT2D eigenvalue weighted by Gasteiger charge is 2.25. The molecule has 1 atom stereocenters. The van der Waals surface area contributed by atoms with Crippen molar-refractivity contribution in [2.75, 3.05) is 43.1 Å². The number of ether oxygens (including phenoxy) is 1. The number of halogens is 2. The highest BCUT2D eigenvalue weighted by molar-refractivity contribution is 5.78. The van der Waals surface area contributed by atoms with Gasteiger partial charge in [-0.15, -0.1) is 0 Å². The molecular formula is C28H37F2N7O2. The summed E-state index contributed by atoms with van der Waals surface area (Å²) in [6.07, 6.45) is 2.62. The van der Waals surface area contributed by atoms with Gasteiger partial charge in [0.1, 0.15) is 11.6 Å². The van der Waals surface area contributed by atoms with Crippen LogP contribution in [0.4, 0.5) is 20.5 Å². The van der Waals surface area contributed by atoms with Gasteiger partial charge in [-0.05, 0) is 63.2 Å². The number of benzene rings is 1. The van der Waals surface area contributed by atoms with Crippen LogP contribution in [0.5, 0.6) is 0 Å². The first-order valence-electron chi connectivity index (χ1n) is 13.7. The number of morpholine rings is 1. The molecule has 0 radical (unpaired) electrons. The predicted octanol–water partition coefficient (Wildman–Crippen LogP) is 5.00. The van der Waals surface area contributed by atoms with E-state index in [0.29, 0.717) is 73.4 Å². The molecule has 1 aliphatic carbocycles. The van der Waals surface area contributed by atoms with E-state index in [1.165, 1.54) is 10.8 Å². The predicted molar refractivity (Wildman–Crippen MR) is 148 cm³/mol. The Labute approximate surface area is 227 Å². The molecule has 0 bridgehead atoms. The minimum atomic E-state index is -2.75. The molecule has 3 aromatic rings. The van der Waals surface area contributed by atoms with Crippen molar-refractivity contribution < 1.29 is 18.6 Å². The number of para-hydroxylation sites is 2. The molecule has 1 aliphatic heterocycles. The van der Waals surface area contributed by atoms with E-state index in [2.05, 4.69) is 27.4 Å². The lowest BCUT2D eigenvalue weighted by atomic mass is 9.85. The fourth-order valence-electron chi connectivity index (χ4n) is 5.37. The number of anilines is 2. The highest BCUT2D eigenvalue weighted by atomic mass is 19.3. The fraction of sp³-hybridized carbons (Fsp3) is 0.536. The first kappa shape index (κ1) is 27.3. The second kappa shape index (κ2) is 12.3. The Hall–Kier alpha value is -3.31. The van der Waals surface area contributed by atoms with Crippen LogP contribution < -0.4 is 15.5 Å². The number of aliphatic hydroxyl groups excluding tert-OH is 1. The normalized spacial score (nSPS) is 21.5. The third-order valence-corrected chi connectivity index (χ3v) is 7.81. The van der Waals surface area contributed by atoms with E-state index in [9.17, 15) is 13.9 Å². The number of imidazole rings is 1. The van der Waals surface area contributed by atoms with Crippen LogP contribution in [-0.2, 0) is 4.74 Å². The van der Waals surface area contributed by atoms with Gasteiger partial charge < -0.3 is 25.4 Å². The molecule has 11 heteroatoms. The Kier molecular flexibility index (Phi) is 8.56. The molecule has 1 aromatic carbocycles. The van der Waals surface area contributed by atoms with Gasteiger partial charge in [0.25, 0.3) is 6.43 Å². The summed E-state index contributed by atoms with van der Waals surface area (Å²) in [5.74, 6) is 1.59. The quantitative estimate of drug-likeness (QED) is 0.326. The number of nitrogens with zero attached hydrogens (tertiary/aromatic N) is 5. The van der Waals surface area contributed by atoms with E-state index in [4.69, 9.17) is 14.7 Å². The van der Waals surface area contributed by atoms with Crippen LogP contribution >= 0.6 is 0 Å². The monoisotopic (exact) mass is 541 g/mol. The van der Waals surface area contributed by atoms with Gasteiger partial charge in [-0.25, -0.2) is 13.8 Å². The van der Waals surface area contributed by atoms with Crippen molar-refractivity contribution >= 4 is 22.8 Å². The standard InChI is InChI=1S/C28H37F2N7O2/c1-18(17-38)19(2)32-21-9-7-20(8-10-21)16-31-28-34-24(36-11-13-39-14-12-36)15-25(35-28)37-23-6-4-3-5-22(23)33-27(37)26(29)30/h3-6,15,17,19-21,26,32,38H,7-14,16H2,1-2H3,(H,31,34,35)/b18-17+/t19?,20-,21-. The van der Waals surface area contributed by atoms with Gasteiger partial charge in [-0.3, -0.25) is 4.57 Å². The van der Waals surface area contributed by atoms with Gasteiger partial charge >= 0.3 is 0 Å². The number of fused-ring (bicyclic) bond motifs is 1. The largest absolute Gasteiger partial charge is 0.516 e. The fourth-order valence-corrected chi connectivity index (χ4v) is 5.37. The van der Waals surface area contributed by atoms with Crippen LogP contribution in [0.15, 0.2) is 42.2 Å². The molecule has 3 heterocycles. The summed E-state index contributed by atoms with van der Waals surface area (Å²) in [4.78, 5) is 15.8. The highest BCUT2D eigenvalue weighted by Crippen LogP contribution is 2.30. The molecule has 1 saturated heterocycles. The third-order valence-electron chi connectivity index (χ3n) is 7.81. The van der Waals surface area contributed by atoms with Gasteiger partial charge in [0.15, 0.2) is 5.82 Å². The number of alkyl halides is 2. The molecule has 0 spiro atoms. The zero-order chi connectivity index (χ0) is 27.4. The maximum Gasteiger partial charge on any atom is 0.296 e. The van der Waals surface area contributed by atoms with Crippen molar-refractivity contribution in [2.24, 2.45) is 5.92 Å². The van der Waals surface area contributed by atoms with Crippen molar-refractivity contribution in [3.8, 4) is 5.82 Å². The van der Waals surface area contributed by atoms with Crippen LogP contribution in [-0.4, -0.2) is 69.6 Å². The molecule has 0 amide bonds. The Morgan fingerprint density at radius 1 is 1.10 bits per heavy atom. The van der Waals surface area contributed by atoms with Gasteiger partial charge in [0.05, 0.1) is 30.5 Å². The summed E-state index contributed by atoms with van der Waals surface area (Å²) in [7, 11) is 0. The van der Waals surface area contributed by atoms with Crippen molar-refractivity contribution in [3.05, 3.63) is 48.0 Å². The van der Waals surface area contributed by atoms with Gasteiger partial charge in [-0.1, -0.05) is 12.1 Å². The number of aromatic nitrogens is 4. The molecule has 3 N–H and O–H groups in total. The number of hydrogen-bond donors (Lipinski definition) is 3. The maximum absolute atomic E-state index is 14.1. The van der Waals surface area contributed by atoms with Crippen LogP contribution in [0.1, 0.15) is 51.8 Å². The Morgan fingerprint density at radius 2 is 1.82 bits per heavy atom. The van der Waals surface area contributed by atoms with Crippen LogP contribution in [0, 0.1) is 5.92 Å². The summed E-state index contributed by atoms with van der Waals surface area (Å²) in [6, 6.07) is 9.43. The van der Waals surface area contributed by atoms with Gasteiger partial charge in [0.2, 0.25) is 5.95 Å². The lowest BCUT2D eigenvalue weighted by Gasteiger charge is -2.31. The first-order valence-corrected chi connectivity index (χ1v) is 13.7. The Balaban J connectivity index is 1.36. The van der Waals surface area contributed by atoms with Crippen LogP contribution in [0.2, 0.25) is 0 Å². The molecule has 2 fully saturated rings. The zero-order valence-corrected chi connectivity index (χ0v) is 22.5. The molecule has 2 aromatic heterocycles. The topological polar surface area (TPSA) is 100 Å². The minimum absolute atomic E-state index is 0.141. The van der Waals surface area contributed by atoms with Crippen molar-refractivity contribution in [1.82, 2.24) is 24.8 Å². The lowest BCUT2D eigenvalue weighted by molar-refractivity contribution is 0.122. The molecule has 210 valence electrons. The first-order chi connectivity index (χ1) is 18.9. The molecule has 9 nitrogen and oxygen atoms in total. The summed E-state index contributed by atoms with van der Waals surface area (Å²) >= 11 is 0. The summed E-state index contributed by atoms with van der Waals surface area (Å²) < 4.78 is 35.1. The third kappa shape index (κ3) is 6.30. The van der Waals surface area contributed by atoms with E-state index in [-0.39, 0.29) is 11.9 Å². The van der Waals surface area contributed by atoms with E-state index in [1.54, 1.807) is 24.3 Å². The van der Waals surface area contributed by atoms with E-state index >= 15 is 0 Å². The molecule has 5 rings (SSSR count). The summed E-state index contributed by atoms with van der Waals surface area (Å²) in [5, 5.41) is 16.3. The van der Waals surface area contributed by atoms with E-state index < -0.39 is 6.43 Å². The molecule has 1 saturated carbocycles. The zero-order valence-electron chi connectivity index (χ0n) is 22.5. The molecule has 39 heavy (non-hydrogen) atoms. The number of hydrogen-bond acceptors (Lipinski definition) is 8. The van der Waals surface area contributed by atoms with Gasteiger partial charge in [0, 0.05) is 37.8 Å². The average Bonchev–Trinajstić information content (AvgIpc) is 3.37. The lowest BCUT2D eigenvalue weighted by Crippen LogP contribution is -2.40. The summed E-state index contributed by atoms with van der Waals surface area (Å²) in [5.41, 5.74) is 2.00. The van der Waals surface area contributed by atoms with Gasteiger partial charge in [-0.2, -0.15) is 9.97 Å². The van der Waals surface area contributed by atoms with Crippen molar-refractivity contribution in [3.63, 3.8) is 0 Å². The average molecular weight is 542 g/mol. The Bertz CT molecular complexity index is 1280. The number of nitrogens with one attached hydrogen (secondary N) is 2. The van der Waals surface area contributed by atoms with Crippen LogP contribution in [0.3, 0.4) is 0 Å². The van der Waals surface area contributed by atoms with Crippen molar-refractivity contribution in [2.45, 2.75) is 58.0 Å². The maximum atomic E-state index is 14.1. The van der Waals surface area contributed by atoms with Crippen LogP contribution in [0.25, 0.3) is 16.9 Å². The minimum Gasteiger partial charge on any atom is -0.516 e. The Morgan fingerprint density at radius 3 is 2.54 bits per heavy atom.